The first kappa shape index (κ1) is 13.1. The number of aliphatic hydroxyl groups is 1. The van der Waals surface area contributed by atoms with Gasteiger partial charge in [0.2, 0.25) is 0 Å². The Kier molecular flexibility index (Phi) is 4.26. The number of nitrogens with zero attached hydrogens (tertiary/aromatic N) is 2. The van der Waals surface area contributed by atoms with Crippen LogP contribution in [0.15, 0.2) is 4.47 Å². The van der Waals surface area contributed by atoms with Gasteiger partial charge in [-0.2, -0.15) is 5.10 Å². The van der Waals surface area contributed by atoms with Crippen LogP contribution in [0.5, 0.6) is 0 Å². The minimum atomic E-state index is -0.118. The number of hydrogen-bond acceptors (Lipinski definition) is 2. The van der Waals surface area contributed by atoms with Crippen molar-refractivity contribution in [1.29, 1.82) is 0 Å². The summed E-state index contributed by atoms with van der Waals surface area (Å²) in [6, 6.07) is 0. The molecule has 96 valence electrons. The van der Waals surface area contributed by atoms with Gasteiger partial charge in [-0.05, 0) is 54.5 Å². The van der Waals surface area contributed by atoms with Crippen molar-refractivity contribution in [2.24, 2.45) is 5.92 Å². The molecule has 0 amide bonds. The van der Waals surface area contributed by atoms with E-state index in [1.807, 2.05) is 0 Å². The molecule has 0 saturated heterocycles. The highest BCUT2D eigenvalue weighted by molar-refractivity contribution is 9.10. The lowest BCUT2D eigenvalue weighted by atomic mass is 9.99. The van der Waals surface area contributed by atoms with Crippen molar-refractivity contribution in [3.05, 3.63) is 15.9 Å². The zero-order chi connectivity index (χ0) is 12.4. The van der Waals surface area contributed by atoms with Crippen LogP contribution in [0.2, 0.25) is 0 Å². The number of aliphatic hydroxyl groups excluding tert-OH is 1. The molecule has 0 radical (unpaired) electrons. The van der Waals surface area contributed by atoms with Crippen molar-refractivity contribution in [1.82, 2.24) is 9.78 Å². The topological polar surface area (TPSA) is 38.0 Å². The van der Waals surface area contributed by atoms with Crippen LogP contribution in [0, 0.1) is 5.92 Å². The van der Waals surface area contributed by atoms with Crippen LogP contribution in [0.3, 0.4) is 0 Å². The van der Waals surface area contributed by atoms with Crippen LogP contribution < -0.4 is 0 Å². The molecule has 1 aromatic heterocycles. The maximum absolute atomic E-state index is 9.92. The molecular formula is C13H21BrN2O. The van der Waals surface area contributed by atoms with Crippen LogP contribution in [0.1, 0.15) is 44.5 Å². The van der Waals surface area contributed by atoms with E-state index in [2.05, 4.69) is 39.6 Å². The van der Waals surface area contributed by atoms with Gasteiger partial charge >= 0.3 is 0 Å². The maximum atomic E-state index is 9.92. The van der Waals surface area contributed by atoms with Gasteiger partial charge in [-0.25, -0.2) is 0 Å². The quantitative estimate of drug-likeness (QED) is 0.928. The lowest BCUT2D eigenvalue weighted by Crippen LogP contribution is -2.18. The predicted molar refractivity (Wildman–Crippen MR) is 72.0 cm³/mol. The first-order valence-corrected chi connectivity index (χ1v) is 7.38. The molecule has 1 N–H and O–H groups in total. The highest BCUT2D eigenvalue weighted by atomic mass is 79.9. The monoisotopic (exact) mass is 300 g/mol. The smallest absolute Gasteiger partial charge is 0.0766 e. The molecule has 0 aromatic carbocycles. The number of hydrogen-bond donors (Lipinski definition) is 1. The second kappa shape index (κ2) is 5.53. The van der Waals surface area contributed by atoms with Gasteiger partial charge in [0.1, 0.15) is 0 Å². The van der Waals surface area contributed by atoms with Gasteiger partial charge in [0.25, 0.3) is 0 Å². The lowest BCUT2D eigenvalue weighted by molar-refractivity contribution is 0.131. The molecule has 2 unspecified atom stereocenters. The summed E-state index contributed by atoms with van der Waals surface area (Å²) in [5, 5.41) is 14.5. The van der Waals surface area contributed by atoms with Crippen molar-refractivity contribution in [2.45, 2.75) is 58.6 Å². The van der Waals surface area contributed by atoms with Gasteiger partial charge in [0, 0.05) is 6.54 Å². The Morgan fingerprint density at radius 1 is 1.41 bits per heavy atom. The second-order valence-corrected chi connectivity index (χ2v) is 5.63. The van der Waals surface area contributed by atoms with Crippen LogP contribution in [-0.2, 0) is 19.4 Å². The zero-order valence-corrected chi connectivity index (χ0v) is 12.2. The standard InChI is InChI=1S/C13H21BrN2O/c1-3-10-13(14)11(16(4-2)15-10)8-9-6-5-7-12(9)17/h9,12,17H,3-8H2,1-2H3. The molecule has 1 aromatic rings. The summed E-state index contributed by atoms with van der Waals surface area (Å²) < 4.78 is 3.23. The molecule has 1 aliphatic carbocycles. The minimum absolute atomic E-state index is 0.118. The van der Waals surface area contributed by atoms with Gasteiger partial charge in [0.15, 0.2) is 0 Å². The lowest BCUT2D eigenvalue weighted by Gasteiger charge is -2.15. The Bertz CT molecular complexity index is 389. The Balaban J connectivity index is 2.21. The van der Waals surface area contributed by atoms with E-state index in [4.69, 9.17) is 0 Å². The summed E-state index contributed by atoms with van der Waals surface area (Å²) in [7, 11) is 0. The van der Waals surface area contributed by atoms with E-state index in [9.17, 15) is 5.11 Å². The Morgan fingerprint density at radius 2 is 2.18 bits per heavy atom. The van der Waals surface area contributed by atoms with E-state index < -0.39 is 0 Å². The summed E-state index contributed by atoms with van der Waals surface area (Å²) in [5.41, 5.74) is 2.39. The number of aryl methyl sites for hydroxylation is 2. The molecule has 1 saturated carbocycles. The summed E-state index contributed by atoms with van der Waals surface area (Å²) in [4.78, 5) is 0. The molecule has 3 nitrogen and oxygen atoms in total. The summed E-state index contributed by atoms with van der Waals surface area (Å²) >= 11 is 3.67. The van der Waals surface area contributed by atoms with Crippen LogP contribution in [-0.4, -0.2) is 21.0 Å². The molecular weight excluding hydrogens is 280 g/mol. The number of rotatable bonds is 4. The van der Waals surface area contributed by atoms with Crippen LogP contribution in [0.25, 0.3) is 0 Å². The fraction of sp³-hybridized carbons (Fsp3) is 0.769. The zero-order valence-electron chi connectivity index (χ0n) is 10.6. The van der Waals surface area contributed by atoms with Crippen molar-refractivity contribution in [3.8, 4) is 0 Å². The average Bonchev–Trinajstić information content (AvgIpc) is 2.86. The van der Waals surface area contributed by atoms with E-state index in [0.717, 1.165) is 48.8 Å². The van der Waals surface area contributed by atoms with Gasteiger partial charge in [-0.3, -0.25) is 4.68 Å². The molecule has 17 heavy (non-hydrogen) atoms. The number of aromatic nitrogens is 2. The maximum Gasteiger partial charge on any atom is 0.0766 e. The number of halogens is 1. The molecule has 0 bridgehead atoms. The fourth-order valence-electron chi connectivity index (χ4n) is 2.72. The largest absolute Gasteiger partial charge is 0.393 e. The molecule has 2 atom stereocenters. The highest BCUT2D eigenvalue weighted by Crippen LogP contribution is 2.32. The summed E-state index contributed by atoms with van der Waals surface area (Å²) in [5.74, 6) is 0.415. The van der Waals surface area contributed by atoms with Crippen molar-refractivity contribution in [3.63, 3.8) is 0 Å². The van der Waals surface area contributed by atoms with Gasteiger partial charge in [-0.15, -0.1) is 0 Å². The third kappa shape index (κ3) is 2.58. The Labute approximate surface area is 111 Å². The second-order valence-electron chi connectivity index (χ2n) is 4.84. The van der Waals surface area contributed by atoms with E-state index in [-0.39, 0.29) is 6.10 Å². The molecule has 1 fully saturated rings. The molecule has 4 heteroatoms. The molecule has 0 aliphatic heterocycles. The van der Waals surface area contributed by atoms with E-state index in [1.54, 1.807) is 0 Å². The van der Waals surface area contributed by atoms with E-state index in [0.29, 0.717) is 5.92 Å². The third-order valence-electron chi connectivity index (χ3n) is 3.77. The average molecular weight is 301 g/mol. The van der Waals surface area contributed by atoms with Crippen LogP contribution >= 0.6 is 15.9 Å². The van der Waals surface area contributed by atoms with Crippen molar-refractivity contribution < 1.29 is 5.11 Å². The Hall–Kier alpha value is -0.350. The van der Waals surface area contributed by atoms with Crippen molar-refractivity contribution >= 4 is 15.9 Å². The van der Waals surface area contributed by atoms with Gasteiger partial charge in [0.05, 0.1) is 22.0 Å². The fourth-order valence-corrected chi connectivity index (χ4v) is 3.44. The van der Waals surface area contributed by atoms with E-state index in [1.165, 1.54) is 5.69 Å². The van der Waals surface area contributed by atoms with Gasteiger partial charge < -0.3 is 5.11 Å². The van der Waals surface area contributed by atoms with Gasteiger partial charge in [-0.1, -0.05) is 13.3 Å². The normalized spacial score (nSPS) is 24.5. The van der Waals surface area contributed by atoms with E-state index >= 15 is 0 Å². The highest BCUT2D eigenvalue weighted by Gasteiger charge is 2.27. The minimum Gasteiger partial charge on any atom is -0.393 e. The van der Waals surface area contributed by atoms with Crippen molar-refractivity contribution in [2.75, 3.05) is 0 Å². The molecule has 0 spiro atoms. The summed E-state index contributed by atoms with van der Waals surface area (Å²) in [6.07, 6.45) is 5.04. The predicted octanol–water partition coefficient (Wildman–Crippen LogP) is 2.93. The molecule has 1 heterocycles. The first-order valence-electron chi connectivity index (χ1n) is 6.59. The molecule has 1 aliphatic rings. The molecule has 2 rings (SSSR count). The third-order valence-corrected chi connectivity index (χ3v) is 4.68. The SMILES string of the molecule is CCc1nn(CC)c(CC2CCCC2O)c1Br. The summed E-state index contributed by atoms with van der Waals surface area (Å²) in [6.45, 7) is 5.14. The Morgan fingerprint density at radius 3 is 2.71 bits per heavy atom. The first-order chi connectivity index (χ1) is 8.17. The van der Waals surface area contributed by atoms with Crippen LogP contribution in [0.4, 0.5) is 0 Å².